The summed E-state index contributed by atoms with van der Waals surface area (Å²) in [5.41, 5.74) is 0.815. The third-order valence-electron chi connectivity index (χ3n) is 1.26. The molecule has 0 bridgehead atoms. The van der Waals surface area contributed by atoms with E-state index in [1.54, 1.807) is 24.3 Å². The van der Waals surface area contributed by atoms with E-state index >= 15 is 0 Å². The van der Waals surface area contributed by atoms with Crippen LogP contribution in [0.1, 0.15) is 5.56 Å². The van der Waals surface area contributed by atoms with E-state index in [-0.39, 0.29) is 0 Å². The van der Waals surface area contributed by atoms with Gasteiger partial charge in [0.2, 0.25) is 0 Å². The average Bonchev–Trinajstić information content (AvgIpc) is 2.08. The van der Waals surface area contributed by atoms with Crippen LogP contribution < -0.4 is 0 Å². The number of hydrogen-bond acceptors (Lipinski definition) is 3. The summed E-state index contributed by atoms with van der Waals surface area (Å²) < 4.78 is 24.1. The lowest BCUT2D eigenvalue weighted by Gasteiger charge is -2.00. The summed E-state index contributed by atoms with van der Waals surface area (Å²) in [6.45, 7) is 0. The first-order valence-corrected chi connectivity index (χ1v) is 4.75. The second kappa shape index (κ2) is 5.01. The third-order valence-corrected chi connectivity index (χ3v) is 1.78. The van der Waals surface area contributed by atoms with Crippen LogP contribution in [0.4, 0.5) is 0 Å². The van der Waals surface area contributed by atoms with Gasteiger partial charge in [0.1, 0.15) is 17.6 Å². The summed E-state index contributed by atoms with van der Waals surface area (Å²) in [5, 5.41) is 0.630. The van der Waals surface area contributed by atoms with Gasteiger partial charge in [0, 0.05) is 5.02 Å². The van der Waals surface area contributed by atoms with Gasteiger partial charge in [0.05, 0.1) is 0 Å². The summed E-state index contributed by atoms with van der Waals surface area (Å²) in [5.74, 6) is 0. The minimum atomic E-state index is -2.51. The first-order valence-electron chi connectivity index (χ1n) is 3.37. The highest BCUT2D eigenvalue weighted by molar-refractivity contribution is 7.74. The molecule has 0 saturated heterocycles. The predicted octanol–water partition coefficient (Wildman–Crippen LogP) is 2.12. The zero-order valence-electron chi connectivity index (χ0n) is 6.48. The molecule has 0 aliphatic rings. The van der Waals surface area contributed by atoms with Gasteiger partial charge in [-0.05, 0) is 23.8 Å². The Morgan fingerprint density at radius 2 is 2.00 bits per heavy atom. The summed E-state index contributed by atoms with van der Waals surface area (Å²) in [6, 6.07) is 6.90. The quantitative estimate of drug-likeness (QED) is 0.576. The fourth-order valence-corrected chi connectivity index (χ4v) is 0.998. The fourth-order valence-electron chi connectivity index (χ4n) is 0.726. The van der Waals surface area contributed by atoms with Crippen LogP contribution in [0.2, 0.25) is 5.02 Å². The van der Waals surface area contributed by atoms with Gasteiger partial charge in [-0.3, -0.25) is 0 Å². The highest BCUT2D eigenvalue weighted by Crippen LogP contribution is 2.10. The molecule has 0 heterocycles. The van der Waals surface area contributed by atoms with Crippen molar-refractivity contribution >= 4 is 29.0 Å². The molecular formula is C8H6ClO3S-. The molecule has 3 nitrogen and oxygen atoms in total. The van der Waals surface area contributed by atoms with Gasteiger partial charge < -0.3 is 8.74 Å². The summed E-state index contributed by atoms with van der Waals surface area (Å²) in [7, 11) is 0. The Kier molecular flexibility index (Phi) is 3.95. The van der Waals surface area contributed by atoms with Crippen LogP contribution >= 0.6 is 11.6 Å². The molecular weight excluding hydrogens is 212 g/mol. The van der Waals surface area contributed by atoms with E-state index in [0.717, 1.165) is 11.8 Å². The van der Waals surface area contributed by atoms with Crippen molar-refractivity contribution in [2.24, 2.45) is 0 Å². The summed E-state index contributed by atoms with van der Waals surface area (Å²) >= 11 is 3.14. The molecule has 0 fully saturated rings. The maximum atomic E-state index is 9.95. The second-order valence-corrected chi connectivity index (χ2v) is 3.19. The van der Waals surface area contributed by atoms with Gasteiger partial charge in [-0.25, -0.2) is 4.21 Å². The molecule has 1 aromatic rings. The first-order chi connectivity index (χ1) is 6.18. The highest BCUT2D eigenvalue weighted by Gasteiger charge is 1.87. The van der Waals surface area contributed by atoms with Crippen LogP contribution in [0.5, 0.6) is 0 Å². The molecule has 1 aromatic carbocycles. The second-order valence-electron chi connectivity index (χ2n) is 2.15. The number of hydrogen-bond donors (Lipinski definition) is 0. The number of benzene rings is 1. The summed E-state index contributed by atoms with van der Waals surface area (Å²) in [6.07, 6.45) is 2.61. The van der Waals surface area contributed by atoms with Crippen molar-refractivity contribution in [2.75, 3.05) is 0 Å². The topological polar surface area (TPSA) is 49.4 Å². The van der Waals surface area contributed by atoms with Gasteiger partial charge in [0.25, 0.3) is 0 Å². The number of rotatable bonds is 3. The molecule has 0 aliphatic carbocycles. The summed E-state index contributed by atoms with van der Waals surface area (Å²) in [4.78, 5) is 0. The Morgan fingerprint density at radius 3 is 2.54 bits per heavy atom. The molecule has 0 aromatic heterocycles. The Bertz CT molecular complexity index is 321. The SMILES string of the molecule is O=S([O-])OC=Cc1ccc(Cl)cc1. The van der Waals surface area contributed by atoms with Crippen LogP contribution in [0.3, 0.4) is 0 Å². The Hall–Kier alpha value is -0.840. The Balaban J connectivity index is 2.59. The molecule has 0 aliphatic heterocycles. The Morgan fingerprint density at radius 1 is 1.38 bits per heavy atom. The van der Waals surface area contributed by atoms with Gasteiger partial charge in [-0.15, -0.1) is 0 Å². The average molecular weight is 218 g/mol. The van der Waals surface area contributed by atoms with Crippen molar-refractivity contribution in [3.05, 3.63) is 41.1 Å². The highest BCUT2D eigenvalue weighted by atomic mass is 35.5. The fraction of sp³-hybridized carbons (Fsp3) is 0. The maximum Gasteiger partial charge on any atom is 0.138 e. The lowest BCUT2D eigenvalue weighted by atomic mass is 10.2. The van der Waals surface area contributed by atoms with Gasteiger partial charge in [-0.1, -0.05) is 23.7 Å². The lowest BCUT2D eigenvalue weighted by molar-refractivity contribution is 0.407. The molecule has 0 saturated carbocycles. The van der Waals surface area contributed by atoms with Gasteiger partial charge in [-0.2, -0.15) is 0 Å². The van der Waals surface area contributed by atoms with Gasteiger partial charge >= 0.3 is 0 Å². The van der Waals surface area contributed by atoms with E-state index in [2.05, 4.69) is 4.18 Å². The minimum absolute atomic E-state index is 0.630. The van der Waals surface area contributed by atoms with E-state index < -0.39 is 11.4 Å². The molecule has 5 heteroatoms. The van der Waals surface area contributed by atoms with Crippen molar-refractivity contribution in [3.63, 3.8) is 0 Å². The predicted molar refractivity (Wildman–Crippen MR) is 50.5 cm³/mol. The van der Waals surface area contributed by atoms with E-state index in [0.29, 0.717) is 5.02 Å². The molecule has 0 spiro atoms. The zero-order valence-corrected chi connectivity index (χ0v) is 8.05. The van der Waals surface area contributed by atoms with E-state index in [4.69, 9.17) is 11.6 Å². The van der Waals surface area contributed by atoms with Crippen LogP contribution in [0, 0.1) is 0 Å². The third kappa shape index (κ3) is 4.07. The van der Waals surface area contributed by atoms with Gasteiger partial charge in [0.15, 0.2) is 0 Å². The minimum Gasteiger partial charge on any atom is -0.740 e. The van der Waals surface area contributed by atoms with Crippen LogP contribution in [-0.2, 0) is 15.5 Å². The molecule has 13 heavy (non-hydrogen) atoms. The van der Waals surface area contributed by atoms with Crippen LogP contribution in [-0.4, -0.2) is 8.76 Å². The molecule has 1 atom stereocenters. The van der Waals surface area contributed by atoms with E-state index in [1.807, 2.05) is 0 Å². The lowest BCUT2D eigenvalue weighted by Crippen LogP contribution is -1.85. The normalized spacial score (nSPS) is 13.1. The molecule has 1 unspecified atom stereocenters. The zero-order chi connectivity index (χ0) is 9.68. The monoisotopic (exact) mass is 217 g/mol. The van der Waals surface area contributed by atoms with E-state index in [1.165, 1.54) is 6.08 Å². The van der Waals surface area contributed by atoms with E-state index in [9.17, 15) is 8.76 Å². The largest absolute Gasteiger partial charge is 0.740 e. The maximum absolute atomic E-state index is 9.95. The van der Waals surface area contributed by atoms with Crippen molar-refractivity contribution in [3.8, 4) is 0 Å². The molecule has 0 radical (unpaired) electrons. The van der Waals surface area contributed by atoms with Crippen molar-refractivity contribution < 1.29 is 12.9 Å². The van der Waals surface area contributed by atoms with Crippen molar-refractivity contribution in [1.82, 2.24) is 0 Å². The van der Waals surface area contributed by atoms with Crippen LogP contribution in [0.25, 0.3) is 6.08 Å². The van der Waals surface area contributed by atoms with Crippen LogP contribution in [0.15, 0.2) is 30.5 Å². The molecule has 0 amide bonds. The Labute approximate surface area is 83.5 Å². The van der Waals surface area contributed by atoms with Crippen molar-refractivity contribution in [2.45, 2.75) is 0 Å². The number of halogens is 1. The standard InChI is InChI=1S/C8H7ClO3S/c9-8-3-1-7(2-4-8)5-6-12-13(10)11/h1-6H,(H,10,11)/p-1. The molecule has 0 N–H and O–H groups in total. The first kappa shape index (κ1) is 10.2. The smallest absolute Gasteiger partial charge is 0.138 e. The molecule has 70 valence electrons. The van der Waals surface area contributed by atoms with Crippen molar-refractivity contribution in [1.29, 1.82) is 0 Å². The molecule has 1 rings (SSSR count).